The lowest BCUT2D eigenvalue weighted by Crippen LogP contribution is -2.26. The first-order valence-electron chi connectivity index (χ1n) is 10.2. The lowest BCUT2D eigenvalue weighted by Gasteiger charge is -2.24. The topological polar surface area (TPSA) is 114 Å². The molecule has 0 unspecified atom stereocenters. The van der Waals surface area contributed by atoms with Crippen LogP contribution in [0.1, 0.15) is 56.3 Å². The second-order valence-electron chi connectivity index (χ2n) is 8.06. The standard InChI is InChI=1S/C23H20F3N3O4/c1-9-16(23(32)33)12-7-15(30)19(20(25)13(12)8-29(9)28-2)17(10-3-4-10)11-5-6-14(24)21(26)18(11)22(27)31/h5-8,10,17,28H,3-4H2,1-2H3,(H2,27,31)(H,32,33)/t17-/m0/s1. The number of halogens is 3. The van der Waals surface area contributed by atoms with Crippen molar-refractivity contribution in [1.29, 1.82) is 0 Å². The summed E-state index contributed by atoms with van der Waals surface area (Å²) >= 11 is 0. The number of aromatic carboxylic acids is 1. The number of benzene rings is 2. The second-order valence-corrected chi connectivity index (χ2v) is 8.06. The van der Waals surface area contributed by atoms with Crippen LogP contribution in [0.3, 0.4) is 0 Å². The molecule has 2 aliphatic carbocycles. The number of nitrogens with two attached hydrogens (primary N) is 1. The third-order valence-corrected chi connectivity index (χ3v) is 6.12. The summed E-state index contributed by atoms with van der Waals surface area (Å²) in [6.45, 7) is 1.50. The van der Waals surface area contributed by atoms with E-state index in [1.807, 2.05) is 0 Å². The van der Waals surface area contributed by atoms with Crippen LogP contribution in [0.2, 0.25) is 0 Å². The molecular formula is C23H20F3N3O4. The van der Waals surface area contributed by atoms with Crippen molar-refractivity contribution in [3.8, 4) is 11.1 Å². The van der Waals surface area contributed by atoms with E-state index in [1.165, 1.54) is 24.8 Å². The van der Waals surface area contributed by atoms with Crippen LogP contribution in [0.25, 0.3) is 11.1 Å². The number of fused-ring (bicyclic) bond motifs is 1. The molecule has 3 aliphatic rings. The van der Waals surface area contributed by atoms with Gasteiger partial charge in [-0.25, -0.2) is 18.0 Å². The van der Waals surface area contributed by atoms with Crippen molar-refractivity contribution in [3.05, 3.63) is 80.0 Å². The molecule has 4 rings (SSSR count). The van der Waals surface area contributed by atoms with Gasteiger partial charge in [0.2, 0.25) is 0 Å². The number of carboxylic acid groups (broad SMARTS) is 1. The second kappa shape index (κ2) is 7.95. The Kier molecular flexibility index (Phi) is 5.39. The molecule has 7 nitrogen and oxygen atoms in total. The molecule has 10 heteroatoms. The maximum atomic E-state index is 15.9. The van der Waals surface area contributed by atoms with Crippen LogP contribution < -0.4 is 16.6 Å². The van der Waals surface area contributed by atoms with Gasteiger partial charge >= 0.3 is 5.97 Å². The molecule has 1 aromatic rings. The van der Waals surface area contributed by atoms with E-state index in [9.17, 15) is 28.3 Å². The minimum absolute atomic E-state index is 0.0775. The fraction of sp³-hybridized carbons (Fsp3) is 0.261. The summed E-state index contributed by atoms with van der Waals surface area (Å²) in [6.07, 6.45) is 2.46. The van der Waals surface area contributed by atoms with Crippen LogP contribution in [-0.4, -0.2) is 28.7 Å². The molecule has 1 fully saturated rings. The third-order valence-electron chi connectivity index (χ3n) is 6.12. The zero-order chi connectivity index (χ0) is 24.2. The molecule has 1 atom stereocenters. The van der Waals surface area contributed by atoms with E-state index in [2.05, 4.69) is 5.43 Å². The number of carbonyl (C=O) groups excluding carboxylic acids is 1. The van der Waals surface area contributed by atoms with Gasteiger partial charge in [-0.3, -0.25) is 14.3 Å². The van der Waals surface area contributed by atoms with Gasteiger partial charge in [0.15, 0.2) is 17.1 Å². The summed E-state index contributed by atoms with van der Waals surface area (Å²) in [4.78, 5) is 37.0. The predicted molar refractivity (Wildman–Crippen MR) is 114 cm³/mol. The van der Waals surface area contributed by atoms with Gasteiger partial charge in [-0.15, -0.1) is 0 Å². The quantitative estimate of drug-likeness (QED) is 0.524. The first-order valence-corrected chi connectivity index (χ1v) is 10.2. The molecule has 1 aromatic carbocycles. The van der Waals surface area contributed by atoms with E-state index in [0.29, 0.717) is 12.8 Å². The third kappa shape index (κ3) is 3.51. The summed E-state index contributed by atoms with van der Waals surface area (Å²) < 4.78 is 45.6. The van der Waals surface area contributed by atoms with E-state index >= 15 is 4.39 Å². The predicted octanol–water partition coefficient (Wildman–Crippen LogP) is 3.19. The van der Waals surface area contributed by atoms with Gasteiger partial charge < -0.3 is 16.3 Å². The Hall–Kier alpha value is -3.82. The Morgan fingerprint density at radius 2 is 1.82 bits per heavy atom. The SMILES string of the molecule is CNn1cc2c(F)c([C@H](c3ccc(F)c(F)c3C(N)=O)C3CC3)c(=O)cc-2c(C(=O)O)c1C. The highest BCUT2D eigenvalue weighted by molar-refractivity contribution is 5.98. The van der Waals surface area contributed by atoms with Gasteiger partial charge in [-0.2, -0.15) is 0 Å². The Morgan fingerprint density at radius 3 is 2.36 bits per heavy atom. The summed E-state index contributed by atoms with van der Waals surface area (Å²) in [7, 11) is 1.51. The Bertz CT molecular complexity index is 1350. The Morgan fingerprint density at radius 1 is 1.15 bits per heavy atom. The maximum absolute atomic E-state index is 15.9. The van der Waals surface area contributed by atoms with E-state index in [0.717, 1.165) is 18.2 Å². The van der Waals surface area contributed by atoms with Crippen LogP contribution in [0.4, 0.5) is 13.2 Å². The van der Waals surface area contributed by atoms with Gasteiger partial charge in [0, 0.05) is 35.9 Å². The van der Waals surface area contributed by atoms with Crippen molar-refractivity contribution in [3.63, 3.8) is 0 Å². The van der Waals surface area contributed by atoms with Crippen molar-refractivity contribution in [2.75, 3.05) is 12.5 Å². The van der Waals surface area contributed by atoms with E-state index in [-0.39, 0.29) is 39.4 Å². The molecule has 0 spiro atoms. The van der Waals surface area contributed by atoms with Gasteiger partial charge in [-0.1, -0.05) is 6.07 Å². The first-order chi connectivity index (χ1) is 15.6. The lowest BCUT2D eigenvalue weighted by molar-refractivity contribution is 0.0695. The van der Waals surface area contributed by atoms with Crippen molar-refractivity contribution < 1.29 is 27.9 Å². The molecule has 4 N–H and O–H groups in total. The molecule has 1 saturated carbocycles. The highest BCUT2D eigenvalue weighted by atomic mass is 19.2. The molecular weight excluding hydrogens is 439 g/mol. The largest absolute Gasteiger partial charge is 0.478 e. The Balaban J connectivity index is 2.08. The molecule has 1 amide bonds. The van der Waals surface area contributed by atoms with E-state index in [4.69, 9.17) is 5.73 Å². The summed E-state index contributed by atoms with van der Waals surface area (Å²) in [6, 6.07) is 2.97. The number of nitrogens with zero attached hydrogens (tertiary/aromatic N) is 1. The summed E-state index contributed by atoms with van der Waals surface area (Å²) in [5.41, 5.74) is 5.84. The minimum atomic E-state index is -1.46. The van der Waals surface area contributed by atoms with Crippen molar-refractivity contribution in [2.24, 2.45) is 11.7 Å². The monoisotopic (exact) mass is 459 g/mol. The molecule has 0 aromatic heterocycles. The molecule has 1 aliphatic heterocycles. The number of nitrogens with one attached hydrogen (secondary N) is 1. The van der Waals surface area contributed by atoms with Crippen LogP contribution in [-0.2, 0) is 0 Å². The van der Waals surface area contributed by atoms with Crippen LogP contribution >= 0.6 is 0 Å². The highest BCUT2D eigenvalue weighted by Gasteiger charge is 2.40. The van der Waals surface area contributed by atoms with Crippen molar-refractivity contribution >= 4 is 11.9 Å². The summed E-state index contributed by atoms with van der Waals surface area (Å²) in [5.74, 6) is -7.68. The summed E-state index contributed by atoms with van der Waals surface area (Å²) in [5, 5.41) is 9.68. The van der Waals surface area contributed by atoms with Gasteiger partial charge in [0.25, 0.3) is 5.91 Å². The molecule has 0 radical (unpaired) electrons. The van der Waals surface area contributed by atoms with Gasteiger partial charge in [0.1, 0.15) is 5.82 Å². The zero-order valence-electron chi connectivity index (χ0n) is 17.7. The molecule has 172 valence electrons. The molecule has 33 heavy (non-hydrogen) atoms. The number of carbonyl (C=O) groups is 2. The normalized spacial score (nSPS) is 14.3. The van der Waals surface area contributed by atoms with E-state index < -0.39 is 46.2 Å². The highest BCUT2D eigenvalue weighted by Crippen LogP contribution is 2.48. The fourth-order valence-corrected chi connectivity index (χ4v) is 4.47. The minimum Gasteiger partial charge on any atom is -0.478 e. The van der Waals surface area contributed by atoms with Crippen molar-refractivity contribution in [2.45, 2.75) is 25.7 Å². The number of aromatic nitrogens is 1. The zero-order valence-corrected chi connectivity index (χ0v) is 17.7. The number of hydrogen-bond acceptors (Lipinski definition) is 4. The van der Waals surface area contributed by atoms with E-state index in [1.54, 1.807) is 0 Å². The average Bonchev–Trinajstić information content (AvgIpc) is 3.57. The average molecular weight is 459 g/mol. The van der Waals surface area contributed by atoms with Gasteiger partial charge in [-0.05, 0) is 43.4 Å². The maximum Gasteiger partial charge on any atom is 0.338 e. The van der Waals surface area contributed by atoms with Crippen LogP contribution in [0.15, 0.2) is 29.2 Å². The first kappa shape index (κ1) is 22.4. The van der Waals surface area contributed by atoms with Gasteiger partial charge in [0.05, 0.1) is 16.8 Å². The fourth-order valence-electron chi connectivity index (χ4n) is 4.47. The number of hydrogen-bond donors (Lipinski definition) is 3. The van der Waals surface area contributed by atoms with Crippen LogP contribution in [0.5, 0.6) is 0 Å². The number of amides is 1. The molecule has 1 heterocycles. The number of pyridine rings is 1. The molecule has 0 saturated heterocycles. The smallest absolute Gasteiger partial charge is 0.338 e. The Labute approximate surface area is 186 Å². The number of primary amides is 1. The number of carboxylic acids is 1. The number of rotatable bonds is 6. The van der Waals surface area contributed by atoms with Crippen LogP contribution in [0, 0.1) is 30.3 Å². The van der Waals surface area contributed by atoms with Crippen molar-refractivity contribution in [1.82, 2.24) is 4.68 Å². The molecule has 0 bridgehead atoms. The lowest BCUT2D eigenvalue weighted by atomic mass is 9.81.